The van der Waals surface area contributed by atoms with E-state index in [4.69, 9.17) is 34.4 Å². The van der Waals surface area contributed by atoms with E-state index < -0.39 is 0 Å². The molecule has 1 rings (SSSR count). The van der Waals surface area contributed by atoms with Crippen molar-refractivity contribution in [3.63, 3.8) is 0 Å². The van der Waals surface area contributed by atoms with Crippen LogP contribution in [0.2, 0.25) is 5.02 Å². The Bertz CT molecular complexity index is 422. The van der Waals surface area contributed by atoms with Crippen LogP contribution in [0.5, 0.6) is 5.75 Å². The monoisotopic (exact) mass is 256 g/mol. The topological polar surface area (TPSA) is 26.3 Å². The van der Waals surface area contributed by atoms with E-state index >= 15 is 0 Å². The second-order valence-corrected chi connectivity index (χ2v) is 3.94. The number of terminal acetylenes is 1. The molecule has 0 heterocycles. The number of aryl methyl sites for hydroxylation is 1. The molecule has 0 saturated carbocycles. The van der Waals surface area contributed by atoms with Gasteiger partial charge in [-0.05, 0) is 35.7 Å². The van der Waals surface area contributed by atoms with Gasteiger partial charge in [-0.2, -0.15) is 0 Å². The largest absolute Gasteiger partial charge is 0.479 e. The van der Waals surface area contributed by atoms with Gasteiger partial charge in [-0.25, -0.2) is 0 Å². The minimum absolute atomic E-state index is 0.180. The highest BCUT2D eigenvalue weighted by Gasteiger charge is 2.04. The van der Waals surface area contributed by atoms with E-state index in [9.17, 15) is 4.79 Å². The summed E-state index contributed by atoms with van der Waals surface area (Å²) in [7, 11) is 0. The Kier molecular flexibility index (Phi) is 5.18. The van der Waals surface area contributed by atoms with E-state index in [1.807, 2.05) is 6.07 Å². The summed E-state index contributed by atoms with van der Waals surface area (Å²) >= 11 is 11.2. The second-order valence-electron chi connectivity index (χ2n) is 3.11. The lowest BCUT2D eigenvalue weighted by molar-refractivity contribution is -0.111. The Morgan fingerprint density at radius 1 is 1.50 bits per heavy atom. The van der Waals surface area contributed by atoms with Crippen LogP contribution in [0.4, 0.5) is 0 Å². The third kappa shape index (κ3) is 4.14. The summed E-state index contributed by atoms with van der Waals surface area (Å²) in [6.45, 7) is 0.180. The zero-order valence-corrected chi connectivity index (χ0v) is 10.0. The first-order chi connectivity index (χ1) is 7.63. The molecule has 0 radical (unpaired) electrons. The summed E-state index contributed by atoms with van der Waals surface area (Å²) in [5.74, 6) is 2.90. The lowest BCUT2D eigenvalue weighted by atomic mass is 10.1. The number of hydrogen-bond acceptors (Lipinski definition) is 2. The van der Waals surface area contributed by atoms with E-state index in [0.29, 0.717) is 23.6 Å². The molecular weight excluding hydrogens is 247 g/mol. The van der Waals surface area contributed by atoms with Gasteiger partial charge in [0.05, 0.1) is 5.02 Å². The average molecular weight is 257 g/mol. The second kappa shape index (κ2) is 6.42. The van der Waals surface area contributed by atoms with Crippen LogP contribution < -0.4 is 4.74 Å². The van der Waals surface area contributed by atoms with Gasteiger partial charge in [0, 0.05) is 6.42 Å². The lowest BCUT2D eigenvalue weighted by Gasteiger charge is -2.06. The van der Waals surface area contributed by atoms with Crippen LogP contribution >= 0.6 is 23.2 Å². The molecule has 0 saturated heterocycles. The van der Waals surface area contributed by atoms with Crippen LogP contribution in [0.25, 0.3) is 0 Å². The number of carbonyl (C=O) groups is 1. The summed E-state index contributed by atoms with van der Waals surface area (Å²) in [5.41, 5.74) is 0.937. The molecule has 0 unspecified atom stereocenters. The zero-order chi connectivity index (χ0) is 12.0. The smallest absolute Gasteiger partial charge is 0.221 e. The van der Waals surface area contributed by atoms with Crippen molar-refractivity contribution in [3.05, 3.63) is 28.8 Å². The fourth-order valence-corrected chi connectivity index (χ4v) is 1.53. The summed E-state index contributed by atoms with van der Waals surface area (Å²) in [6.07, 6.45) is 5.93. The van der Waals surface area contributed by atoms with Crippen LogP contribution in [0.1, 0.15) is 12.0 Å². The summed E-state index contributed by atoms with van der Waals surface area (Å²) in [4.78, 5) is 10.6. The molecule has 0 aliphatic rings. The third-order valence-electron chi connectivity index (χ3n) is 1.92. The molecular formula is C12H10Cl2O2. The molecule has 0 bridgehead atoms. The number of halogens is 2. The summed E-state index contributed by atoms with van der Waals surface area (Å²) < 4.78 is 5.21. The fourth-order valence-electron chi connectivity index (χ4n) is 1.18. The van der Waals surface area contributed by atoms with Gasteiger partial charge in [0.15, 0.2) is 0 Å². The first-order valence-electron chi connectivity index (χ1n) is 4.66. The highest BCUT2D eigenvalue weighted by Crippen LogP contribution is 2.25. The minimum atomic E-state index is -0.358. The Morgan fingerprint density at radius 2 is 2.25 bits per heavy atom. The normalized spacial score (nSPS) is 9.56. The molecule has 1 aromatic rings. The Labute approximate surface area is 105 Å². The molecule has 0 atom stereocenters. The molecule has 0 aliphatic heterocycles. The quantitative estimate of drug-likeness (QED) is 0.598. The van der Waals surface area contributed by atoms with Gasteiger partial charge in [-0.1, -0.05) is 23.6 Å². The highest BCUT2D eigenvalue weighted by molar-refractivity contribution is 6.63. The van der Waals surface area contributed by atoms with Crippen LogP contribution in [-0.4, -0.2) is 11.8 Å². The van der Waals surface area contributed by atoms with E-state index in [-0.39, 0.29) is 11.8 Å². The molecule has 16 heavy (non-hydrogen) atoms. The van der Waals surface area contributed by atoms with Crippen molar-refractivity contribution < 1.29 is 9.53 Å². The molecule has 0 N–H and O–H groups in total. The molecule has 0 aromatic heterocycles. The van der Waals surface area contributed by atoms with Gasteiger partial charge >= 0.3 is 0 Å². The number of rotatable bonds is 5. The Hall–Kier alpha value is -1.17. The van der Waals surface area contributed by atoms with Gasteiger partial charge in [0.1, 0.15) is 12.4 Å². The fraction of sp³-hybridized carbons (Fsp3) is 0.250. The van der Waals surface area contributed by atoms with E-state index in [1.54, 1.807) is 12.1 Å². The van der Waals surface area contributed by atoms with E-state index in [2.05, 4.69) is 5.92 Å². The summed E-state index contributed by atoms with van der Waals surface area (Å²) in [5, 5.41) is 0.124. The van der Waals surface area contributed by atoms with E-state index in [0.717, 1.165) is 5.56 Å². The van der Waals surface area contributed by atoms with Crippen LogP contribution in [-0.2, 0) is 11.2 Å². The van der Waals surface area contributed by atoms with Crippen molar-refractivity contribution in [1.82, 2.24) is 0 Å². The number of benzene rings is 1. The number of carbonyl (C=O) groups excluding carboxylic acids is 1. The first-order valence-corrected chi connectivity index (χ1v) is 5.42. The maximum absolute atomic E-state index is 10.6. The van der Waals surface area contributed by atoms with Gasteiger partial charge < -0.3 is 4.74 Å². The van der Waals surface area contributed by atoms with Gasteiger partial charge in [0.25, 0.3) is 0 Å². The predicted octanol–water partition coefficient (Wildman–Crippen LogP) is 3.05. The highest BCUT2D eigenvalue weighted by atomic mass is 35.5. The van der Waals surface area contributed by atoms with Crippen molar-refractivity contribution in [2.45, 2.75) is 12.8 Å². The number of hydrogen-bond donors (Lipinski definition) is 0. The van der Waals surface area contributed by atoms with Crippen LogP contribution in [0.15, 0.2) is 18.2 Å². The molecule has 0 amide bonds. The molecule has 0 aliphatic carbocycles. The number of ether oxygens (including phenoxy) is 1. The van der Waals surface area contributed by atoms with Gasteiger partial charge in [-0.15, -0.1) is 6.42 Å². The Balaban J connectivity index is 2.67. The maximum atomic E-state index is 10.6. The van der Waals surface area contributed by atoms with Gasteiger partial charge in [0.2, 0.25) is 5.24 Å². The zero-order valence-electron chi connectivity index (χ0n) is 8.50. The molecule has 0 fully saturated rings. The standard InChI is InChI=1S/C12H10Cl2O2/c1-2-7-16-11-5-3-9(8-10(11)13)4-6-12(14)15/h1,3,5,8H,4,6-7H2. The predicted molar refractivity (Wildman–Crippen MR) is 65.0 cm³/mol. The molecule has 84 valence electrons. The van der Waals surface area contributed by atoms with E-state index in [1.165, 1.54) is 0 Å². The third-order valence-corrected chi connectivity index (χ3v) is 2.40. The maximum Gasteiger partial charge on any atom is 0.221 e. The Morgan fingerprint density at radius 3 is 2.81 bits per heavy atom. The molecule has 1 aromatic carbocycles. The lowest BCUT2D eigenvalue weighted by Crippen LogP contribution is -1.96. The molecule has 0 spiro atoms. The van der Waals surface area contributed by atoms with Crippen molar-refractivity contribution in [1.29, 1.82) is 0 Å². The van der Waals surface area contributed by atoms with Crippen molar-refractivity contribution in [3.8, 4) is 18.1 Å². The molecule has 4 heteroatoms. The van der Waals surface area contributed by atoms with Crippen molar-refractivity contribution >= 4 is 28.4 Å². The van der Waals surface area contributed by atoms with Crippen molar-refractivity contribution in [2.24, 2.45) is 0 Å². The average Bonchev–Trinajstić information content (AvgIpc) is 2.25. The van der Waals surface area contributed by atoms with Gasteiger partial charge in [-0.3, -0.25) is 4.79 Å². The SMILES string of the molecule is C#CCOc1ccc(CCC(=O)Cl)cc1Cl. The minimum Gasteiger partial charge on any atom is -0.479 e. The van der Waals surface area contributed by atoms with Crippen LogP contribution in [0, 0.1) is 12.3 Å². The molecule has 2 nitrogen and oxygen atoms in total. The van der Waals surface area contributed by atoms with Crippen molar-refractivity contribution in [2.75, 3.05) is 6.61 Å². The summed E-state index contributed by atoms with van der Waals surface area (Å²) in [6, 6.07) is 5.30. The van der Waals surface area contributed by atoms with Crippen LogP contribution in [0.3, 0.4) is 0 Å². The first kappa shape index (κ1) is 12.9.